The van der Waals surface area contributed by atoms with Crippen LogP contribution in [0.5, 0.6) is 5.75 Å². The second-order valence-electron chi connectivity index (χ2n) is 7.98. The van der Waals surface area contributed by atoms with Crippen molar-refractivity contribution < 1.29 is 14.3 Å². The van der Waals surface area contributed by atoms with Crippen molar-refractivity contribution in [3.8, 4) is 5.75 Å². The largest absolute Gasteiger partial charge is 0.497 e. The molecular weight excluding hydrogens is 422 g/mol. The predicted molar refractivity (Wildman–Crippen MR) is 130 cm³/mol. The molecule has 1 aliphatic heterocycles. The lowest BCUT2D eigenvalue weighted by Gasteiger charge is -2.27. The van der Waals surface area contributed by atoms with Crippen molar-refractivity contribution in [3.63, 3.8) is 0 Å². The van der Waals surface area contributed by atoms with Crippen LogP contribution in [0, 0.1) is 0 Å². The Hall–Kier alpha value is -2.51. The summed E-state index contributed by atoms with van der Waals surface area (Å²) in [7, 11) is 1.65. The molecule has 0 aliphatic carbocycles. The Kier molecular flexibility index (Phi) is 9.00. The average molecular weight is 456 g/mol. The zero-order valence-corrected chi connectivity index (χ0v) is 20.0. The molecule has 0 bridgehead atoms. The minimum Gasteiger partial charge on any atom is -0.497 e. The maximum Gasteiger partial charge on any atom is 0.241 e. The van der Waals surface area contributed by atoms with Crippen LogP contribution in [0.3, 0.4) is 0 Å². The number of amides is 2. The minimum absolute atomic E-state index is 0.00853. The van der Waals surface area contributed by atoms with E-state index in [4.69, 9.17) is 4.74 Å². The first-order valence-corrected chi connectivity index (χ1v) is 12.3. The molecule has 32 heavy (non-hydrogen) atoms. The van der Waals surface area contributed by atoms with Gasteiger partial charge < -0.3 is 15.0 Å². The molecule has 1 atom stereocenters. The Balaban J connectivity index is 1.49. The van der Waals surface area contributed by atoms with Crippen LogP contribution >= 0.6 is 11.8 Å². The summed E-state index contributed by atoms with van der Waals surface area (Å²) in [6.45, 7) is 4.84. The highest BCUT2D eigenvalue weighted by Gasteiger charge is 2.26. The van der Waals surface area contributed by atoms with Gasteiger partial charge in [-0.1, -0.05) is 24.3 Å². The van der Waals surface area contributed by atoms with Gasteiger partial charge in [0.2, 0.25) is 11.8 Å². The topological polar surface area (TPSA) is 61.9 Å². The van der Waals surface area contributed by atoms with Gasteiger partial charge >= 0.3 is 0 Å². The first-order valence-electron chi connectivity index (χ1n) is 11.1. The first kappa shape index (κ1) is 24.1. The molecule has 1 N–H and O–H groups in total. The molecule has 2 amide bonds. The predicted octanol–water partition coefficient (Wildman–Crippen LogP) is 3.91. The normalized spacial score (nSPS) is 15.7. The number of carbonyl (C=O) groups excluding carboxylic acids is 2. The molecule has 2 aromatic carbocycles. The number of ether oxygens (including phenoxy) is 1. The maximum atomic E-state index is 12.9. The summed E-state index contributed by atoms with van der Waals surface area (Å²) in [6, 6.07) is 15.5. The fraction of sp³-hybridized carbons (Fsp3) is 0.440. The van der Waals surface area contributed by atoms with E-state index in [0.29, 0.717) is 19.5 Å². The molecule has 172 valence electrons. The zero-order valence-electron chi connectivity index (χ0n) is 19.2. The van der Waals surface area contributed by atoms with Crippen LogP contribution in [0.1, 0.15) is 25.3 Å². The lowest BCUT2D eigenvalue weighted by molar-refractivity contribution is -0.131. The van der Waals surface area contributed by atoms with Gasteiger partial charge in [-0.25, -0.2) is 0 Å². The number of thioether (sulfide) groups is 1. The summed E-state index contributed by atoms with van der Waals surface area (Å²) >= 11 is 1.62. The number of hydrogen-bond acceptors (Lipinski definition) is 5. The van der Waals surface area contributed by atoms with Crippen molar-refractivity contribution >= 4 is 29.3 Å². The zero-order chi connectivity index (χ0) is 22.9. The highest BCUT2D eigenvalue weighted by Crippen LogP contribution is 2.25. The van der Waals surface area contributed by atoms with E-state index in [1.54, 1.807) is 18.9 Å². The molecule has 7 heteroatoms. The third-order valence-electron chi connectivity index (χ3n) is 5.96. The monoisotopic (exact) mass is 455 g/mol. The quantitative estimate of drug-likeness (QED) is 0.612. The van der Waals surface area contributed by atoms with Gasteiger partial charge in [0.1, 0.15) is 5.75 Å². The second kappa shape index (κ2) is 11.9. The standard InChI is InChI=1S/C25H33N3O3S/c1-19(25(30)26-22-7-4-5-8-23(22)32-3)27-15-6-16-28(18-17-27)24(29)14-11-20-9-12-21(31-2)13-10-20/h4-5,7-10,12-13,19H,6,11,14-18H2,1-3H3,(H,26,30). The van der Waals surface area contributed by atoms with Gasteiger partial charge in [-0.05, 0) is 55.9 Å². The van der Waals surface area contributed by atoms with E-state index < -0.39 is 0 Å². The molecule has 0 saturated carbocycles. The number of nitrogens with zero attached hydrogens (tertiary/aromatic N) is 2. The van der Waals surface area contributed by atoms with Crippen LogP contribution in [0.25, 0.3) is 0 Å². The Bertz CT molecular complexity index is 904. The molecular formula is C25H33N3O3S. The molecule has 0 radical (unpaired) electrons. The van der Waals surface area contributed by atoms with Gasteiger partial charge in [0.15, 0.2) is 0 Å². The summed E-state index contributed by atoms with van der Waals surface area (Å²) in [4.78, 5) is 30.8. The molecule has 0 aromatic heterocycles. The lowest BCUT2D eigenvalue weighted by atomic mass is 10.1. The highest BCUT2D eigenvalue weighted by molar-refractivity contribution is 7.98. The number of aryl methyl sites for hydroxylation is 1. The number of para-hydroxylation sites is 1. The number of benzene rings is 2. The third-order valence-corrected chi connectivity index (χ3v) is 6.76. The Morgan fingerprint density at radius 2 is 1.81 bits per heavy atom. The molecule has 1 heterocycles. The smallest absolute Gasteiger partial charge is 0.241 e. The van der Waals surface area contributed by atoms with Gasteiger partial charge in [-0.2, -0.15) is 0 Å². The molecule has 1 saturated heterocycles. The van der Waals surface area contributed by atoms with Gasteiger partial charge in [-0.15, -0.1) is 11.8 Å². The van der Waals surface area contributed by atoms with Crippen LogP contribution in [0.15, 0.2) is 53.4 Å². The lowest BCUT2D eigenvalue weighted by Crippen LogP contribution is -2.44. The summed E-state index contributed by atoms with van der Waals surface area (Å²) in [5, 5.41) is 3.07. The molecule has 1 fully saturated rings. The van der Waals surface area contributed by atoms with E-state index in [2.05, 4.69) is 10.2 Å². The number of methoxy groups -OCH3 is 1. The first-order chi connectivity index (χ1) is 15.5. The van der Waals surface area contributed by atoms with E-state index in [0.717, 1.165) is 47.8 Å². The average Bonchev–Trinajstić information content (AvgIpc) is 3.09. The maximum absolute atomic E-state index is 12.9. The summed E-state index contributed by atoms with van der Waals surface area (Å²) in [6.07, 6.45) is 4.08. The molecule has 1 aliphatic rings. The molecule has 6 nitrogen and oxygen atoms in total. The van der Waals surface area contributed by atoms with Crippen LogP contribution in [-0.4, -0.2) is 67.2 Å². The molecule has 3 rings (SSSR count). The Labute approximate surface area is 195 Å². The summed E-state index contributed by atoms with van der Waals surface area (Å²) in [5.41, 5.74) is 1.98. The van der Waals surface area contributed by atoms with E-state index in [9.17, 15) is 9.59 Å². The van der Waals surface area contributed by atoms with E-state index in [1.165, 1.54) is 0 Å². The van der Waals surface area contributed by atoms with E-state index in [-0.39, 0.29) is 17.9 Å². The molecule has 0 spiro atoms. The number of hydrogen-bond donors (Lipinski definition) is 1. The van der Waals surface area contributed by atoms with Gasteiger partial charge in [-0.3, -0.25) is 14.5 Å². The SMILES string of the molecule is COc1ccc(CCC(=O)N2CCCN(C(C)C(=O)Nc3ccccc3SC)CC2)cc1. The fourth-order valence-electron chi connectivity index (χ4n) is 3.93. The van der Waals surface area contributed by atoms with Crippen molar-refractivity contribution in [1.82, 2.24) is 9.80 Å². The van der Waals surface area contributed by atoms with Crippen molar-refractivity contribution in [2.75, 3.05) is 44.9 Å². The van der Waals surface area contributed by atoms with Crippen molar-refractivity contribution in [3.05, 3.63) is 54.1 Å². The third kappa shape index (κ3) is 6.50. The molecule has 2 aromatic rings. The Morgan fingerprint density at radius 1 is 1.06 bits per heavy atom. The fourth-order valence-corrected chi connectivity index (χ4v) is 4.48. The van der Waals surface area contributed by atoms with E-state index >= 15 is 0 Å². The Morgan fingerprint density at radius 3 is 2.53 bits per heavy atom. The number of carbonyl (C=O) groups is 2. The van der Waals surface area contributed by atoms with Crippen molar-refractivity contribution in [2.45, 2.75) is 37.1 Å². The summed E-state index contributed by atoms with van der Waals surface area (Å²) < 4.78 is 5.19. The number of nitrogens with one attached hydrogen (secondary N) is 1. The second-order valence-corrected chi connectivity index (χ2v) is 8.83. The van der Waals surface area contributed by atoms with Crippen LogP contribution < -0.4 is 10.1 Å². The van der Waals surface area contributed by atoms with Crippen LogP contribution in [0.4, 0.5) is 5.69 Å². The highest BCUT2D eigenvalue weighted by atomic mass is 32.2. The van der Waals surface area contributed by atoms with Crippen molar-refractivity contribution in [2.24, 2.45) is 0 Å². The summed E-state index contributed by atoms with van der Waals surface area (Å²) in [5.74, 6) is 0.988. The van der Waals surface area contributed by atoms with Gasteiger partial charge in [0, 0.05) is 37.5 Å². The molecule has 1 unspecified atom stereocenters. The number of rotatable bonds is 8. The van der Waals surface area contributed by atoms with Gasteiger partial charge in [0.25, 0.3) is 0 Å². The number of anilines is 1. The van der Waals surface area contributed by atoms with Crippen molar-refractivity contribution in [1.29, 1.82) is 0 Å². The van der Waals surface area contributed by atoms with Crippen LogP contribution in [0.2, 0.25) is 0 Å². The van der Waals surface area contributed by atoms with Gasteiger partial charge in [0.05, 0.1) is 18.8 Å². The van der Waals surface area contributed by atoms with Crippen LogP contribution in [-0.2, 0) is 16.0 Å². The minimum atomic E-state index is -0.251. The van der Waals surface area contributed by atoms with E-state index in [1.807, 2.05) is 66.6 Å².